The van der Waals surface area contributed by atoms with Crippen molar-refractivity contribution in [2.24, 2.45) is 0 Å². The lowest BCUT2D eigenvalue weighted by molar-refractivity contribution is -0.122. The molecule has 0 aliphatic carbocycles. The molecule has 2 aromatic carbocycles. The number of carbonyl (C=O) groups excluding carboxylic acids is 1. The Hall–Kier alpha value is -2.40. The number of nitrogens with one attached hydrogen (secondary N) is 1. The molecule has 0 aliphatic heterocycles. The number of hydrogen-bond donors (Lipinski definition) is 1. The Morgan fingerprint density at radius 2 is 1.60 bits per heavy atom. The first-order valence-corrected chi connectivity index (χ1v) is 8.19. The van der Waals surface area contributed by atoms with Crippen LogP contribution in [0.5, 0.6) is 17.2 Å². The highest BCUT2D eigenvalue weighted by atomic mass is 35.5. The van der Waals surface area contributed by atoms with Crippen LogP contribution in [0.25, 0.3) is 0 Å². The molecule has 0 unspecified atom stereocenters. The maximum absolute atomic E-state index is 12.5. The normalized spacial score (nSPS) is 11.6. The summed E-state index contributed by atoms with van der Waals surface area (Å²) in [6, 6.07) is 9.03. The van der Waals surface area contributed by atoms with Crippen molar-refractivity contribution < 1.29 is 19.0 Å². The molecule has 2 aromatic rings. The minimum atomic E-state index is -0.687. The molecular formula is C19H22ClNO4. The number of anilines is 1. The maximum atomic E-state index is 12.5. The van der Waals surface area contributed by atoms with Gasteiger partial charge in [0.25, 0.3) is 5.91 Å². The molecule has 1 atom stereocenters. The fraction of sp³-hybridized carbons (Fsp3) is 0.316. The zero-order valence-corrected chi connectivity index (χ0v) is 15.7. The standard InChI is InChI=1S/C19H22ClNO4/c1-11-6-12(2)8-14(7-11)25-13(3)19(22)21-16-10-17(23-4)15(20)9-18(16)24-5/h6-10,13H,1-5H3,(H,21,22)/t13-/m1/s1. The molecular weight excluding hydrogens is 342 g/mol. The van der Waals surface area contributed by atoms with Crippen molar-refractivity contribution in [3.05, 3.63) is 46.5 Å². The van der Waals surface area contributed by atoms with Crippen molar-refractivity contribution in [2.75, 3.05) is 19.5 Å². The summed E-state index contributed by atoms with van der Waals surface area (Å²) in [6.45, 7) is 5.65. The van der Waals surface area contributed by atoms with Crippen LogP contribution in [0.2, 0.25) is 5.02 Å². The number of halogens is 1. The van der Waals surface area contributed by atoms with Crippen LogP contribution in [0, 0.1) is 13.8 Å². The van der Waals surface area contributed by atoms with Gasteiger partial charge in [0.1, 0.15) is 17.2 Å². The minimum absolute atomic E-state index is 0.304. The third-order valence-electron chi connectivity index (χ3n) is 3.61. The number of aryl methyl sites for hydroxylation is 2. The van der Waals surface area contributed by atoms with Gasteiger partial charge in [0.15, 0.2) is 6.10 Å². The number of benzene rings is 2. The van der Waals surface area contributed by atoms with E-state index in [1.165, 1.54) is 14.2 Å². The molecule has 0 saturated heterocycles. The number of amides is 1. The van der Waals surface area contributed by atoms with E-state index in [1.54, 1.807) is 19.1 Å². The monoisotopic (exact) mass is 363 g/mol. The lowest BCUT2D eigenvalue weighted by atomic mass is 10.1. The molecule has 25 heavy (non-hydrogen) atoms. The first-order chi connectivity index (χ1) is 11.8. The summed E-state index contributed by atoms with van der Waals surface area (Å²) in [6.07, 6.45) is -0.687. The lowest BCUT2D eigenvalue weighted by Crippen LogP contribution is -2.30. The van der Waals surface area contributed by atoms with Crippen LogP contribution in [0.15, 0.2) is 30.3 Å². The Kier molecular flexibility index (Phi) is 6.15. The molecule has 0 saturated carbocycles. The second kappa shape index (κ2) is 8.12. The third kappa shape index (κ3) is 4.79. The van der Waals surface area contributed by atoms with Crippen molar-refractivity contribution in [1.29, 1.82) is 0 Å². The van der Waals surface area contributed by atoms with E-state index in [1.807, 2.05) is 32.0 Å². The summed E-state index contributed by atoms with van der Waals surface area (Å²) in [5, 5.41) is 3.18. The highest BCUT2D eigenvalue weighted by Crippen LogP contribution is 2.36. The number of ether oxygens (including phenoxy) is 3. The van der Waals surface area contributed by atoms with Gasteiger partial charge >= 0.3 is 0 Å². The Balaban J connectivity index is 2.15. The molecule has 0 heterocycles. The number of rotatable bonds is 6. The quantitative estimate of drug-likeness (QED) is 0.827. The molecule has 1 amide bonds. The molecule has 5 nitrogen and oxygen atoms in total. The van der Waals surface area contributed by atoms with Crippen LogP contribution in [0.1, 0.15) is 18.1 Å². The third-order valence-corrected chi connectivity index (χ3v) is 3.90. The van der Waals surface area contributed by atoms with E-state index in [4.69, 9.17) is 25.8 Å². The van der Waals surface area contributed by atoms with Gasteiger partial charge in [-0.25, -0.2) is 0 Å². The van der Waals surface area contributed by atoms with Gasteiger partial charge in [-0.1, -0.05) is 17.7 Å². The smallest absolute Gasteiger partial charge is 0.265 e. The zero-order valence-electron chi connectivity index (χ0n) is 15.0. The molecule has 0 spiro atoms. The predicted molar refractivity (Wildman–Crippen MR) is 99.2 cm³/mol. The van der Waals surface area contributed by atoms with E-state index in [2.05, 4.69) is 5.32 Å². The van der Waals surface area contributed by atoms with Crippen LogP contribution in [-0.4, -0.2) is 26.2 Å². The summed E-state index contributed by atoms with van der Waals surface area (Å²) in [4.78, 5) is 12.5. The first-order valence-electron chi connectivity index (χ1n) is 7.81. The summed E-state index contributed by atoms with van der Waals surface area (Å²) in [5.41, 5.74) is 2.61. The summed E-state index contributed by atoms with van der Waals surface area (Å²) in [5.74, 6) is 1.24. The van der Waals surface area contributed by atoms with Crippen molar-refractivity contribution in [3.63, 3.8) is 0 Å². The van der Waals surface area contributed by atoms with Gasteiger partial charge in [0.2, 0.25) is 0 Å². The second-order valence-electron chi connectivity index (χ2n) is 5.76. The Bertz CT molecular complexity index is 756. The molecule has 0 aromatic heterocycles. The van der Waals surface area contributed by atoms with Crippen LogP contribution < -0.4 is 19.5 Å². The zero-order chi connectivity index (χ0) is 18.6. The second-order valence-corrected chi connectivity index (χ2v) is 6.17. The molecule has 1 N–H and O–H groups in total. The number of methoxy groups -OCH3 is 2. The van der Waals surface area contributed by atoms with Gasteiger partial charge in [-0.15, -0.1) is 0 Å². The van der Waals surface area contributed by atoms with Crippen molar-refractivity contribution in [3.8, 4) is 17.2 Å². The Labute approximate surface area is 152 Å². The topological polar surface area (TPSA) is 56.8 Å². The molecule has 0 aliphatic rings. The fourth-order valence-corrected chi connectivity index (χ4v) is 2.68. The van der Waals surface area contributed by atoms with Gasteiger partial charge in [-0.3, -0.25) is 4.79 Å². The average Bonchev–Trinajstić information content (AvgIpc) is 2.54. The van der Waals surface area contributed by atoms with E-state index < -0.39 is 6.10 Å². The van der Waals surface area contributed by atoms with E-state index in [0.29, 0.717) is 28.0 Å². The molecule has 2 rings (SSSR count). The Morgan fingerprint density at radius 1 is 1.00 bits per heavy atom. The van der Waals surface area contributed by atoms with Gasteiger partial charge in [0.05, 0.1) is 24.9 Å². The molecule has 0 bridgehead atoms. The molecule has 6 heteroatoms. The number of hydrogen-bond acceptors (Lipinski definition) is 4. The first kappa shape index (κ1) is 18.9. The van der Waals surface area contributed by atoms with Crippen LogP contribution in [-0.2, 0) is 4.79 Å². The van der Waals surface area contributed by atoms with Crippen LogP contribution in [0.4, 0.5) is 5.69 Å². The van der Waals surface area contributed by atoms with Crippen molar-refractivity contribution in [2.45, 2.75) is 26.9 Å². The van der Waals surface area contributed by atoms with E-state index in [0.717, 1.165) is 11.1 Å². The number of carbonyl (C=O) groups is 1. The molecule has 134 valence electrons. The SMILES string of the molecule is COc1cc(NC(=O)[C@@H](C)Oc2cc(C)cc(C)c2)c(OC)cc1Cl. The van der Waals surface area contributed by atoms with E-state index in [9.17, 15) is 4.79 Å². The fourth-order valence-electron chi connectivity index (χ4n) is 2.45. The summed E-state index contributed by atoms with van der Waals surface area (Å²) < 4.78 is 16.2. The van der Waals surface area contributed by atoms with E-state index in [-0.39, 0.29) is 5.91 Å². The van der Waals surface area contributed by atoms with Gasteiger partial charge in [-0.2, -0.15) is 0 Å². The van der Waals surface area contributed by atoms with Gasteiger partial charge < -0.3 is 19.5 Å². The van der Waals surface area contributed by atoms with Gasteiger partial charge in [-0.05, 0) is 44.0 Å². The largest absolute Gasteiger partial charge is 0.495 e. The van der Waals surface area contributed by atoms with Crippen molar-refractivity contribution in [1.82, 2.24) is 0 Å². The van der Waals surface area contributed by atoms with Crippen molar-refractivity contribution >= 4 is 23.2 Å². The average molecular weight is 364 g/mol. The highest BCUT2D eigenvalue weighted by Gasteiger charge is 2.18. The molecule has 0 radical (unpaired) electrons. The van der Waals surface area contributed by atoms with Crippen LogP contribution >= 0.6 is 11.6 Å². The van der Waals surface area contributed by atoms with E-state index >= 15 is 0 Å². The minimum Gasteiger partial charge on any atom is -0.495 e. The lowest BCUT2D eigenvalue weighted by Gasteiger charge is -2.17. The highest BCUT2D eigenvalue weighted by molar-refractivity contribution is 6.32. The summed E-state index contributed by atoms with van der Waals surface area (Å²) >= 11 is 6.07. The van der Waals surface area contributed by atoms with Crippen LogP contribution in [0.3, 0.4) is 0 Å². The maximum Gasteiger partial charge on any atom is 0.265 e. The van der Waals surface area contributed by atoms with Gasteiger partial charge in [0, 0.05) is 12.1 Å². The Morgan fingerprint density at radius 3 is 2.16 bits per heavy atom. The summed E-state index contributed by atoms with van der Waals surface area (Å²) in [7, 11) is 3.01. The predicted octanol–water partition coefficient (Wildman–Crippen LogP) is 4.38. The molecule has 0 fully saturated rings.